The zero-order valence-corrected chi connectivity index (χ0v) is 6.04. The van der Waals surface area contributed by atoms with E-state index < -0.39 is 15.7 Å². The van der Waals surface area contributed by atoms with Crippen molar-refractivity contribution in [3.05, 3.63) is 30.3 Å². The third-order valence-electron chi connectivity index (χ3n) is 0.791. The van der Waals surface area contributed by atoms with Crippen LogP contribution in [-0.4, -0.2) is 15.7 Å². The Bertz CT molecular complexity index is 224. The van der Waals surface area contributed by atoms with Gasteiger partial charge in [0.15, 0.2) is 0 Å². The third kappa shape index (κ3) is 1.27. The molecule has 0 N–H and O–H groups in total. The van der Waals surface area contributed by atoms with Crippen molar-refractivity contribution in [1.29, 1.82) is 0 Å². The third-order valence-corrected chi connectivity index (χ3v) is 1.79. The molecule has 0 aliphatic heterocycles. The number of hydrogen-bond donors (Lipinski definition) is 0. The predicted octanol–water partition coefficient (Wildman–Crippen LogP) is 0.362. The van der Waals surface area contributed by atoms with E-state index in [1.54, 1.807) is 24.3 Å². The average molecular weight is 169 g/mol. The maximum absolute atomic E-state index is 10.3. The van der Waals surface area contributed by atoms with Gasteiger partial charge in [0.2, 0.25) is 0 Å². The van der Waals surface area contributed by atoms with E-state index in [1.807, 2.05) is 0 Å². The fourth-order valence-electron chi connectivity index (χ4n) is 0.441. The standard InChI is InChI=1S/C6H5AsO/c8-7-6-4-2-1-3-5-6/h1-5H/i4D. The van der Waals surface area contributed by atoms with E-state index in [2.05, 4.69) is 0 Å². The summed E-state index contributed by atoms with van der Waals surface area (Å²) in [5.41, 5.74) is 0. The molecule has 40 valence electrons. The maximum atomic E-state index is 10.3. The van der Waals surface area contributed by atoms with Gasteiger partial charge in [0.05, 0.1) is 0 Å². The Balaban J connectivity index is 3.15. The van der Waals surface area contributed by atoms with E-state index in [4.69, 9.17) is 1.37 Å². The molecule has 0 radical (unpaired) electrons. The van der Waals surface area contributed by atoms with Crippen molar-refractivity contribution in [1.82, 2.24) is 0 Å². The molecule has 0 saturated carbocycles. The summed E-state index contributed by atoms with van der Waals surface area (Å²) in [4.78, 5) is 0. The Hall–Kier alpha value is -0.422. The van der Waals surface area contributed by atoms with E-state index in [9.17, 15) is 3.74 Å². The molecule has 0 atom stereocenters. The summed E-state index contributed by atoms with van der Waals surface area (Å²) in [5.74, 6) is 0. The summed E-state index contributed by atoms with van der Waals surface area (Å²) in [6.45, 7) is 0. The van der Waals surface area contributed by atoms with Crippen LogP contribution in [-0.2, 0) is 3.74 Å². The van der Waals surface area contributed by atoms with Crippen molar-refractivity contribution in [3.8, 4) is 0 Å². The molecule has 0 fully saturated rings. The van der Waals surface area contributed by atoms with Gasteiger partial charge in [-0.1, -0.05) is 0 Å². The molecule has 0 amide bonds. The molecule has 8 heavy (non-hydrogen) atoms. The molecule has 0 heterocycles. The van der Waals surface area contributed by atoms with Crippen LogP contribution in [0.25, 0.3) is 0 Å². The Morgan fingerprint density at radius 3 is 2.88 bits per heavy atom. The van der Waals surface area contributed by atoms with E-state index in [-0.39, 0.29) is 0 Å². The summed E-state index contributed by atoms with van der Waals surface area (Å²) in [5, 5.41) is 0. The summed E-state index contributed by atoms with van der Waals surface area (Å²) in [6, 6.07) is 7.30. The average Bonchev–Trinajstić information content (AvgIpc) is 1.89. The molecule has 0 aliphatic carbocycles. The molecule has 1 aromatic carbocycles. The second-order valence-electron chi connectivity index (χ2n) is 1.34. The van der Waals surface area contributed by atoms with Crippen LogP contribution in [0.4, 0.5) is 0 Å². The molecule has 1 aromatic rings. The first kappa shape index (κ1) is 4.46. The Labute approximate surface area is 56.0 Å². The first-order valence-corrected chi connectivity index (χ1v) is 3.94. The second kappa shape index (κ2) is 2.78. The molecule has 0 aromatic heterocycles. The van der Waals surface area contributed by atoms with Crippen molar-refractivity contribution in [2.24, 2.45) is 0 Å². The van der Waals surface area contributed by atoms with Crippen LogP contribution in [0.3, 0.4) is 0 Å². The molecular weight excluding hydrogens is 163 g/mol. The van der Waals surface area contributed by atoms with Gasteiger partial charge in [-0.2, -0.15) is 0 Å². The second-order valence-corrected chi connectivity index (χ2v) is 2.73. The number of rotatable bonds is 1. The summed E-state index contributed by atoms with van der Waals surface area (Å²) in [7, 11) is 0. The number of benzene rings is 1. The van der Waals surface area contributed by atoms with E-state index in [0.717, 1.165) is 0 Å². The van der Waals surface area contributed by atoms with Crippen LogP contribution < -0.4 is 4.35 Å². The minimum atomic E-state index is -1.02. The molecule has 0 spiro atoms. The van der Waals surface area contributed by atoms with Gasteiger partial charge in [0.25, 0.3) is 0 Å². The zero-order valence-electron chi connectivity index (χ0n) is 5.16. The fraction of sp³-hybridized carbons (Fsp3) is 0. The van der Waals surface area contributed by atoms with Gasteiger partial charge in [-0.15, -0.1) is 0 Å². The van der Waals surface area contributed by atoms with Gasteiger partial charge >= 0.3 is 55.5 Å². The zero-order chi connectivity index (χ0) is 6.69. The van der Waals surface area contributed by atoms with Crippen molar-refractivity contribution in [2.75, 3.05) is 0 Å². The summed E-state index contributed by atoms with van der Waals surface area (Å²) < 4.78 is 18.2. The Morgan fingerprint density at radius 2 is 2.38 bits per heavy atom. The summed E-state index contributed by atoms with van der Waals surface area (Å²) >= 11 is -1.02. The van der Waals surface area contributed by atoms with Crippen LogP contribution in [0.5, 0.6) is 0 Å². The van der Waals surface area contributed by atoms with E-state index >= 15 is 0 Å². The van der Waals surface area contributed by atoms with Crippen molar-refractivity contribution in [2.45, 2.75) is 0 Å². The Kier molecular flexibility index (Phi) is 1.55. The van der Waals surface area contributed by atoms with Crippen LogP contribution >= 0.6 is 0 Å². The van der Waals surface area contributed by atoms with Crippen molar-refractivity contribution < 1.29 is 5.11 Å². The molecule has 0 unspecified atom stereocenters. The predicted molar refractivity (Wildman–Crippen MR) is 32.5 cm³/mol. The van der Waals surface area contributed by atoms with Gasteiger partial charge < -0.3 is 0 Å². The first-order valence-electron chi connectivity index (χ1n) is 2.73. The topological polar surface area (TPSA) is 17.1 Å². The van der Waals surface area contributed by atoms with Crippen molar-refractivity contribution in [3.63, 3.8) is 0 Å². The first-order chi connectivity index (χ1) is 4.34. The van der Waals surface area contributed by atoms with Crippen LogP contribution in [0, 0.1) is 0 Å². The molecule has 0 aliphatic rings. The van der Waals surface area contributed by atoms with Gasteiger partial charge in [0, 0.05) is 0 Å². The van der Waals surface area contributed by atoms with Crippen LogP contribution in [0.1, 0.15) is 1.37 Å². The molecule has 0 saturated heterocycles. The van der Waals surface area contributed by atoms with E-state index in [1.165, 1.54) is 0 Å². The normalized spacial score (nSPS) is 11.2. The van der Waals surface area contributed by atoms with Gasteiger partial charge in [-0.25, -0.2) is 0 Å². The SMILES string of the molecule is [2H]c1ccccc1[As]=O. The molecule has 2 heteroatoms. The quantitative estimate of drug-likeness (QED) is 0.555. The Morgan fingerprint density at radius 1 is 1.50 bits per heavy atom. The van der Waals surface area contributed by atoms with E-state index in [0.29, 0.717) is 10.4 Å². The molecular formula is C6H5AsO. The summed E-state index contributed by atoms with van der Waals surface area (Å²) in [6.07, 6.45) is 0. The van der Waals surface area contributed by atoms with Crippen LogP contribution in [0.15, 0.2) is 30.3 Å². The molecule has 0 bridgehead atoms. The van der Waals surface area contributed by atoms with Crippen LogP contribution in [0.2, 0.25) is 0 Å². The van der Waals surface area contributed by atoms with Gasteiger partial charge in [0.1, 0.15) is 0 Å². The molecule has 1 rings (SSSR count). The molecule has 1 nitrogen and oxygen atoms in total. The minimum absolute atomic E-state index is 0.382. The van der Waals surface area contributed by atoms with Gasteiger partial charge in [-0.3, -0.25) is 0 Å². The fourth-order valence-corrected chi connectivity index (χ4v) is 1.02. The van der Waals surface area contributed by atoms with Crippen molar-refractivity contribution >= 4 is 20.0 Å². The monoisotopic (exact) mass is 169 g/mol. The van der Waals surface area contributed by atoms with Gasteiger partial charge in [-0.05, 0) is 0 Å². The number of hydrogen-bond acceptors (Lipinski definition) is 1.